The van der Waals surface area contributed by atoms with E-state index in [1.165, 1.54) is 6.08 Å². The van der Waals surface area contributed by atoms with Crippen LogP contribution in [-0.4, -0.2) is 25.0 Å². The van der Waals surface area contributed by atoms with Crippen molar-refractivity contribution < 1.29 is 14.3 Å². The molecular formula is C8H11NO3. The minimum absolute atomic E-state index is 0.292. The fourth-order valence-electron chi connectivity index (χ4n) is 0.964. The maximum atomic E-state index is 10.9. The van der Waals surface area contributed by atoms with Crippen LogP contribution in [0.5, 0.6) is 0 Å². The minimum atomic E-state index is -0.327. The van der Waals surface area contributed by atoms with Crippen molar-refractivity contribution in [2.45, 2.75) is 13.3 Å². The summed E-state index contributed by atoms with van der Waals surface area (Å²) in [6, 6.07) is 0. The van der Waals surface area contributed by atoms with E-state index in [4.69, 9.17) is 4.74 Å². The van der Waals surface area contributed by atoms with Gasteiger partial charge in [-0.15, -0.1) is 0 Å². The lowest BCUT2D eigenvalue weighted by molar-refractivity contribution is -0.123. The van der Waals surface area contributed by atoms with E-state index >= 15 is 0 Å². The molecule has 0 unspecified atom stereocenters. The fourth-order valence-corrected chi connectivity index (χ4v) is 0.964. The van der Waals surface area contributed by atoms with Gasteiger partial charge in [0.25, 0.3) is 11.8 Å². The van der Waals surface area contributed by atoms with Crippen molar-refractivity contribution in [1.29, 1.82) is 0 Å². The molecule has 0 aromatic heterocycles. The molecule has 0 radical (unpaired) electrons. The van der Waals surface area contributed by atoms with Crippen molar-refractivity contribution in [3.05, 3.63) is 11.6 Å². The van der Waals surface area contributed by atoms with Crippen molar-refractivity contribution >= 4 is 11.8 Å². The number of imide groups is 1. The summed E-state index contributed by atoms with van der Waals surface area (Å²) >= 11 is 0. The highest BCUT2D eigenvalue weighted by molar-refractivity contribution is 6.16. The van der Waals surface area contributed by atoms with Crippen molar-refractivity contribution in [3.8, 4) is 0 Å². The molecule has 0 bridgehead atoms. The molecule has 1 rings (SSSR count). The number of hydrogen-bond acceptors (Lipinski definition) is 3. The minimum Gasteiger partial charge on any atom is -0.381 e. The smallest absolute Gasteiger partial charge is 0.254 e. The monoisotopic (exact) mass is 169 g/mol. The third kappa shape index (κ3) is 2.17. The normalized spacial score (nSPS) is 16.2. The molecule has 12 heavy (non-hydrogen) atoms. The second kappa shape index (κ2) is 4.01. The zero-order valence-corrected chi connectivity index (χ0v) is 6.92. The molecule has 0 atom stereocenters. The van der Waals surface area contributed by atoms with Gasteiger partial charge in [-0.05, 0) is 6.92 Å². The Hall–Kier alpha value is -1.16. The van der Waals surface area contributed by atoms with E-state index in [-0.39, 0.29) is 11.8 Å². The second-order valence-electron chi connectivity index (χ2n) is 2.43. The molecule has 0 spiro atoms. The Balaban J connectivity index is 2.36. The lowest BCUT2D eigenvalue weighted by Crippen LogP contribution is -2.22. The van der Waals surface area contributed by atoms with Gasteiger partial charge in [0, 0.05) is 24.7 Å². The molecule has 0 fully saturated rings. The number of rotatable bonds is 4. The summed E-state index contributed by atoms with van der Waals surface area (Å²) in [7, 11) is 0. The van der Waals surface area contributed by atoms with Crippen LogP contribution in [0.15, 0.2) is 11.6 Å². The van der Waals surface area contributed by atoms with Gasteiger partial charge in [-0.1, -0.05) is 0 Å². The van der Waals surface area contributed by atoms with E-state index in [2.05, 4.69) is 5.32 Å². The SMILES string of the molecule is CCOCCC1=CC(=O)NC1=O. The highest BCUT2D eigenvalue weighted by Gasteiger charge is 2.19. The average Bonchev–Trinajstić information content (AvgIpc) is 2.31. The topological polar surface area (TPSA) is 55.4 Å². The molecule has 66 valence electrons. The number of hydrogen-bond donors (Lipinski definition) is 1. The number of carbonyl (C=O) groups excluding carboxylic acids is 2. The zero-order chi connectivity index (χ0) is 8.97. The van der Waals surface area contributed by atoms with E-state index in [1.807, 2.05) is 6.92 Å². The first kappa shape index (κ1) is 8.93. The van der Waals surface area contributed by atoms with Gasteiger partial charge < -0.3 is 4.74 Å². The van der Waals surface area contributed by atoms with Crippen LogP contribution < -0.4 is 5.32 Å². The molecule has 2 amide bonds. The largest absolute Gasteiger partial charge is 0.381 e. The summed E-state index contributed by atoms with van der Waals surface area (Å²) in [4.78, 5) is 21.6. The number of amides is 2. The van der Waals surface area contributed by atoms with Gasteiger partial charge in [0.15, 0.2) is 0 Å². The second-order valence-corrected chi connectivity index (χ2v) is 2.43. The Kier molecular flexibility index (Phi) is 2.99. The molecule has 0 saturated carbocycles. The van der Waals surface area contributed by atoms with Gasteiger partial charge in [-0.2, -0.15) is 0 Å². The molecule has 1 aliphatic heterocycles. The molecule has 4 heteroatoms. The van der Waals surface area contributed by atoms with Crippen molar-refractivity contribution in [1.82, 2.24) is 5.32 Å². The summed E-state index contributed by atoms with van der Waals surface area (Å²) < 4.78 is 5.05. The number of nitrogens with one attached hydrogen (secondary N) is 1. The number of carbonyl (C=O) groups is 2. The van der Waals surface area contributed by atoms with E-state index in [0.717, 1.165) is 0 Å². The van der Waals surface area contributed by atoms with Crippen LogP contribution in [0.2, 0.25) is 0 Å². The highest BCUT2D eigenvalue weighted by Crippen LogP contribution is 2.06. The van der Waals surface area contributed by atoms with Crippen molar-refractivity contribution in [3.63, 3.8) is 0 Å². The van der Waals surface area contributed by atoms with E-state index in [9.17, 15) is 9.59 Å². The third-order valence-corrected chi connectivity index (χ3v) is 1.55. The first-order chi connectivity index (χ1) is 5.74. The van der Waals surface area contributed by atoms with Crippen LogP contribution in [0.1, 0.15) is 13.3 Å². The Bertz CT molecular complexity index is 232. The fraction of sp³-hybridized carbons (Fsp3) is 0.500. The summed E-state index contributed by atoms with van der Waals surface area (Å²) in [6.45, 7) is 3.00. The molecule has 0 aliphatic carbocycles. The third-order valence-electron chi connectivity index (χ3n) is 1.55. The van der Waals surface area contributed by atoms with Gasteiger partial charge in [-0.3, -0.25) is 14.9 Å². The molecule has 1 heterocycles. The molecule has 1 aliphatic rings. The Labute approximate surface area is 70.6 Å². The van der Waals surface area contributed by atoms with Crippen molar-refractivity contribution in [2.75, 3.05) is 13.2 Å². The molecule has 4 nitrogen and oxygen atoms in total. The first-order valence-electron chi connectivity index (χ1n) is 3.87. The maximum Gasteiger partial charge on any atom is 0.254 e. The Morgan fingerprint density at radius 1 is 1.50 bits per heavy atom. The van der Waals surface area contributed by atoms with Crippen LogP contribution in [0, 0.1) is 0 Å². The summed E-state index contributed by atoms with van der Waals surface area (Å²) in [5, 5.41) is 2.17. The average molecular weight is 169 g/mol. The molecular weight excluding hydrogens is 158 g/mol. The maximum absolute atomic E-state index is 10.9. The standard InChI is InChI=1S/C8H11NO3/c1-2-12-4-3-6-5-7(10)9-8(6)11/h5H,2-4H2,1H3,(H,9,10,11). The van der Waals surface area contributed by atoms with Crippen molar-refractivity contribution in [2.24, 2.45) is 0 Å². The van der Waals surface area contributed by atoms with E-state index in [1.54, 1.807) is 0 Å². The van der Waals surface area contributed by atoms with Gasteiger partial charge in [0.1, 0.15) is 0 Å². The van der Waals surface area contributed by atoms with Crippen LogP contribution in [0.3, 0.4) is 0 Å². The lowest BCUT2D eigenvalue weighted by Gasteiger charge is -1.99. The molecule has 0 aromatic carbocycles. The van der Waals surface area contributed by atoms with E-state index in [0.29, 0.717) is 25.2 Å². The lowest BCUT2D eigenvalue weighted by atomic mass is 10.2. The van der Waals surface area contributed by atoms with Gasteiger partial charge in [0.05, 0.1) is 6.61 Å². The Morgan fingerprint density at radius 3 is 2.75 bits per heavy atom. The molecule has 0 aromatic rings. The molecule has 0 saturated heterocycles. The van der Waals surface area contributed by atoms with Crippen LogP contribution in [0.25, 0.3) is 0 Å². The zero-order valence-electron chi connectivity index (χ0n) is 6.92. The van der Waals surface area contributed by atoms with E-state index < -0.39 is 0 Å². The Morgan fingerprint density at radius 2 is 2.25 bits per heavy atom. The molecule has 1 N–H and O–H groups in total. The van der Waals surface area contributed by atoms with Gasteiger partial charge in [-0.25, -0.2) is 0 Å². The van der Waals surface area contributed by atoms with Gasteiger partial charge >= 0.3 is 0 Å². The summed E-state index contributed by atoms with van der Waals surface area (Å²) in [6.07, 6.45) is 1.83. The summed E-state index contributed by atoms with van der Waals surface area (Å²) in [5.74, 6) is -0.619. The highest BCUT2D eigenvalue weighted by atomic mass is 16.5. The van der Waals surface area contributed by atoms with Crippen LogP contribution in [-0.2, 0) is 14.3 Å². The summed E-state index contributed by atoms with van der Waals surface area (Å²) in [5.41, 5.74) is 0.508. The predicted octanol–water partition coefficient (Wildman–Crippen LogP) is -0.00420. The quantitative estimate of drug-likeness (QED) is 0.476. The first-order valence-corrected chi connectivity index (χ1v) is 3.87. The number of ether oxygens (including phenoxy) is 1. The predicted molar refractivity (Wildman–Crippen MR) is 42.3 cm³/mol. The van der Waals surface area contributed by atoms with Crippen LogP contribution >= 0.6 is 0 Å². The van der Waals surface area contributed by atoms with Gasteiger partial charge in [0.2, 0.25) is 0 Å². The van der Waals surface area contributed by atoms with Crippen LogP contribution in [0.4, 0.5) is 0 Å².